The van der Waals surface area contributed by atoms with Gasteiger partial charge in [0, 0.05) is 5.69 Å². The van der Waals surface area contributed by atoms with Crippen molar-refractivity contribution in [2.75, 3.05) is 51.3 Å². The van der Waals surface area contributed by atoms with Gasteiger partial charge in [0.1, 0.15) is 6.67 Å². The van der Waals surface area contributed by atoms with Crippen LogP contribution in [0, 0.1) is 0 Å². The van der Waals surface area contributed by atoms with Gasteiger partial charge in [0.05, 0.1) is 39.8 Å². The number of aliphatic hydroxyl groups excluding tert-OH is 2. The minimum Gasteiger partial charge on any atom is -0.394 e. The van der Waals surface area contributed by atoms with Gasteiger partial charge in [0.25, 0.3) is 0 Å². The lowest BCUT2D eigenvalue weighted by molar-refractivity contribution is -0.277. The van der Waals surface area contributed by atoms with Crippen LogP contribution < -0.4 is 4.90 Å². The molecule has 1 aliphatic heterocycles. The van der Waals surface area contributed by atoms with E-state index < -0.39 is 0 Å². The van der Waals surface area contributed by atoms with Gasteiger partial charge in [0.15, 0.2) is 0 Å². The van der Waals surface area contributed by atoms with E-state index in [2.05, 4.69) is 4.90 Å². The molecule has 7 heteroatoms. The minimum absolute atomic E-state index is 0.0284. The predicted octanol–water partition coefficient (Wildman–Crippen LogP) is -0.169. The van der Waals surface area contributed by atoms with Crippen molar-refractivity contribution >= 4 is 5.69 Å². The SMILES string of the molecule is OCCON1CN(OCCO)CN(c2ccccc2)C1. The van der Waals surface area contributed by atoms with E-state index in [1.807, 2.05) is 30.3 Å². The van der Waals surface area contributed by atoms with Gasteiger partial charge >= 0.3 is 0 Å². The fourth-order valence-electron chi connectivity index (χ4n) is 2.00. The molecule has 1 aromatic carbocycles. The first-order chi connectivity index (χ1) is 9.83. The van der Waals surface area contributed by atoms with E-state index in [9.17, 15) is 0 Å². The maximum Gasteiger partial charge on any atom is 0.104 e. The Balaban J connectivity index is 1.99. The van der Waals surface area contributed by atoms with Crippen LogP contribution in [0.1, 0.15) is 0 Å². The molecule has 1 aromatic rings. The average Bonchev–Trinajstić information content (AvgIpc) is 2.51. The highest BCUT2D eigenvalue weighted by Crippen LogP contribution is 2.18. The standard InChI is InChI=1S/C13H21N3O4/c17-6-8-19-15-10-14(13-4-2-1-3-5-13)11-16(12-15)20-9-7-18/h1-5,17-18H,6-12H2. The van der Waals surface area contributed by atoms with Crippen LogP contribution in [0.15, 0.2) is 30.3 Å². The summed E-state index contributed by atoms with van der Waals surface area (Å²) in [4.78, 5) is 13.0. The lowest BCUT2D eigenvalue weighted by atomic mass is 10.3. The number of rotatable bonds is 7. The number of benzene rings is 1. The molecule has 0 bridgehead atoms. The second kappa shape index (κ2) is 8.15. The fourth-order valence-corrected chi connectivity index (χ4v) is 2.00. The molecule has 1 heterocycles. The highest BCUT2D eigenvalue weighted by atomic mass is 16.7. The smallest absolute Gasteiger partial charge is 0.104 e. The molecule has 1 aliphatic rings. The number of nitrogens with zero attached hydrogens (tertiary/aromatic N) is 3. The summed E-state index contributed by atoms with van der Waals surface area (Å²) in [6.45, 7) is 2.07. The Labute approximate surface area is 118 Å². The molecule has 0 aromatic heterocycles. The topological polar surface area (TPSA) is 68.6 Å². The van der Waals surface area contributed by atoms with Crippen molar-refractivity contribution in [1.82, 2.24) is 10.1 Å². The summed E-state index contributed by atoms with van der Waals surface area (Å²) in [6, 6.07) is 9.94. The van der Waals surface area contributed by atoms with Crippen LogP contribution in [0.5, 0.6) is 0 Å². The van der Waals surface area contributed by atoms with E-state index >= 15 is 0 Å². The number of hydrogen-bond acceptors (Lipinski definition) is 7. The minimum atomic E-state index is -0.0284. The molecule has 0 amide bonds. The maximum atomic E-state index is 8.84. The third-order valence-corrected chi connectivity index (χ3v) is 2.82. The summed E-state index contributed by atoms with van der Waals surface area (Å²) >= 11 is 0. The molecule has 2 rings (SSSR count). The van der Waals surface area contributed by atoms with Gasteiger partial charge < -0.3 is 15.1 Å². The van der Waals surface area contributed by atoms with Gasteiger partial charge in [-0.1, -0.05) is 18.2 Å². The number of para-hydroxylation sites is 1. The Kier molecular flexibility index (Phi) is 6.19. The molecular formula is C13H21N3O4. The molecule has 1 fully saturated rings. The van der Waals surface area contributed by atoms with E-state index in [0.29, 0.717) is 20.0 Å². The van der Waals surface area contributed by atoms with Crippen molar-refractivity contribution in [2.24, 2.45) is 0 Å². The normalized spacial score (nSPS) is 17.6. The number of hydroxylamine groups is 4. The van der Waals surface area contributed by atoms with E-state index in [0.717, 1.165) is 5.69 Å². The van der Waals surface area contributed by atoms with Gasteiger partial charge in [-0.15, -0.1) is 0 Å². The van der Waals surface area contributed by atoms with Crippen LogP contribution in [0.25, 0.3) is 0 Å². The van der Waals surface area contributed by atoms with Crippen molar-refractivity contribution < 1.29 is 19.9 Å². The summed E-state index contributed by atoms with van der Waals surface area (Å²) in [5, 5.41) is 21.1. The van der Waals surface area contributed by atoms with Gasteiger partial charge in [-0.3, -0.25) is 9.68 Å². The van der Waals surface area contributed by atoms with Gasteiger partial charge in [-0.05, 0) is 12.1 Å². The summed E-state index contributed by atoms with van der Waals surface area (Å²) in [5.41, 5.74) is 1.06. The first-order valence-corrected chi connectivity index (χ1v) is 6.61. The first kappa shape index (κ1) is 15.2. The van der Waals surface area contributed by atoms with Crippen LogP contribution in [0.2, 0.25) is 0 Å². The van der Waals surface area contributed by atoms with Crippen molar-refractivity contribution in [3.8, 4) is 0 Å². The zero-order valence-electron chi connectivity index (χ0n) is 11.4. The second-order valence-corrected chi connectivity index (χ2v) is 4.38. The lowest BCUT2D eigenvalue weighted by Gasteiger charge is -2.41. The van der Waals surface area contributed by atoms with Crippen molar-refractivity contribution in [3.05, 3.63) is 30.3 Å². The van der Waals surface area contributed by atoms with Crippen molar-refractivity contribution in [2.45, 2.75) is 0 Å². The molecule has 7 nitrogen and oxygen atoms in total. The zero-order chi connectivity index (χ0) is 14.2. The molecule has 0 radical (unpaired) electrons. The van der Waals surface area contributed by atoms with Gasteiger partial charge in [-0.25, -0.2) is 0 Å². The van der Waals surface area contributed by atoms with Crippen molar-refractivity contribution in [3.63, 3.8) is 0 Å². The molecule has 1 saturated heterocycles. The third-order valence-electron chi connectivity index (χ3n) is 2.82. The molecule has 0 saturated carbocycles. The molecule has 2 N–H and O–H groups in total. The molecule has 20 heavy (non-hydrogen) atoms. The maximum absolute atomic E-state index is 8.84. The van der Waals surface area contributed by atoms with Crippen LogP contribution in [-0.2, 0) is 9.68 Å². The predicted molar refractivity (Wildman–Crippen MR) is 73.3 cm³/mol. The van der Waals surface area contributed by atoms with Gasteiger partial charge in [-0.2, -0.15) is 10.1 Å². The van der Waals surface area contributed by atoms with Crippen LogP contribution in [-0.4, -0.2) is 66.8 Å². The van der Waals surface area contributed by atoms with E-state index in [-0.39, 0.29) is 26.4 Å². The Morgan fingerprint density at radius 3 is 1.90 bits per heavy atom. The Morgan fingerprint density at radius 2 is 1.40 bits per heavy atom. The number of anilines is 1. The molecule has 0 spiro atoms. The quantitative estimate of drug-likeness (QED) is 0.720. The average molecular weight is 283 g/mol. The zero-order valence-corrected chi connectivity index (χ0v) is 11.4. The van der Waals surface area contributed by atoms with Gasteiger partial charge in [0.2, 0.25) is 0 Å². The lowest BCUT2D eigenvalue weighted by Crippen LogP contribution is -2.55. The fraction of sp³-hybridized carbons (Fsp3) is 0.538. The second-order valence-electron chi connectivity index (χ2n) is 4.38. The first-order valence-electron chi connectivity index (χ1n) is 6.61. The van der Waals surface area contributed by atoms with Crippen LogP contribution >= 0.6 is 0 Å². The third kappa shape index (κ3) is 4.41. The molecular weight excluding hydrogens is 262 g/mol. The summed E-state index contributed by atoms with van der Waals surface area (Å²) in [7, 11) is 0. The molecule has 0 atom stereocenters. The van der Waals surface area contributed by atoms with Crippen LogP contribution in [0.4, 0.5) is 5.69 Å². The Morgan fingerprint density at radius 1 is 0.850 bits per heavy atom. The van der Waals surface area contributed by atoms with E-state index in [1.54, 1.807) is 10.1 Å². The van der Waals surface area contributed by atoms with Crippen molar-refractivity contribution in [1.29, 1.82) is 0 Å². The molecule has 112 valence electrons. The number of aliphatic hydroxyl groups is 2. The highest BCUT2D eigenvalue weighted by Gasteiger charge is 2.24. The number of hydrogen-bond donors (Lipinski definition) is 2. The summed E-state index contributed by atoms with van der Waals surface area (Å²) in [5.74, 6) is 0. The monoisotopic (exact) mass is 283 g/mol. The molecule has 0 aliphatic carbocycles. The largest absolute Gasteiger partial charge is 0.394 e. The molecule has 0 unspecified atom stereocenters. The van der Waals surface area contributed by atoms with E-state index in [4.69, 9.17) is 19.9 Å². The Hall–Kier alpha value is -1.22. The van der Waals surface area contributed by atoms with Crippen LogP contribution in [0.3, 0.4) is 0 Å². The Bertz CT molecular complexity index is 363. The highest BCUT2D eigenvalue weighted by molar-refractivity contribution is 5.45. The van der Waals surface area contributed by atoms with E-state index in [1.165, 1.54) is 0 Å². The summed E-state index contributed by atoms with van der Waals surface area (Å²) < 4.78 is 0. The summed E-state index contributed by atoms with van der Waals surface area (Å²) in [6.07, 6.45) is 0.